The van der Waals surface area contributed by atoms with E-state index in [1.54, 1.807) is 49.5 Å². The number of hydrogen-bond acceptors (Lipinski definition) is 7. The summed E-state index contributed by atoms with van der Waals surface area (Å²) in [5.74, 6) is -1.88. The molecule has 1 amide bonds. The van der Waals surface area contributed by atoms with E-state index in [2.05, 4.69) is 17.1 Å². The number of aryl methyl sites for hydroxylation is 2. The average Bonchev–Trinajstić information content (AvgIpc) is 2.98. The summed E-state index contributed by atoms with van der Waals surface area (Å²) in [5.41, 5.74) is 0.351. The molecule has 0 saturated carbocycles. The Kier molecular flexibility index (Phi) is 9.89. The third-order valence-corrected chi connectivity index (χ3v) is 7.58. The summed E-state index contributed by atoms with van der Waals surface area (Å²) in [6.45, 7) is 4.11. The fraction of sp³-hybridized carbons (Fsp3) is 0.290. The Labute approximate surface area is 252 Å². The first-order valence-corrected chi connectivity index (χ1v) is 14.1. The van der Waals surface area contributed by atoms with E-state index >= 15 is 0 Å². The van der Waals surface area contributed by atoms with Gasteiger partial charge < -0.3 is 25.2 Å². The fourth-order valence-electron chi connectivity index (χ4n) is 4.58. The Morgan fingerprint density at radius 1 is 1.09 bits per heavy atom. The van der Waals surface area contributed by atoms with Crippen molar-refractivity contribution in [2.45, 2.75) is 25.8 Å². The molecule has 0 fully saturated rings. The lowest BCUT2D eigenvalue weighted by Gasteiger charge is -2.16. The van der Waals surface area contributed by atoms with Gasteiger partial charge in [-0.3, -0.25) is 14.2 Å². The van der Waals surface area contributed by atoms with Gasteiger partial charge in [0, 0.05) is 13.6 Å². The third kappa shape index (κ3) is 7.07. The number of likely N-dealkylation sites (N-methyl/N-ethyl adjacent to an activating group) is 1. The summed E-state index contributed by atoms with van der Waals surface area (Å²) in [6, 6.07) is 14.6. The van der Waals surface area contributed by atoms with Crippen LogP contribution in [0.5, 0.6) is 11.5 Å². The van der Waals surface area contributed by atoms with E-state index in [4.69, 9.17) is 16.3 Å². The first-order valence-electron chi connectivity index (χ1n) is 13.7. The van der Waals surface area contributed by atoms with Crippen LogP contribution in [0, 0.1) is 0 Å². The monoisotopic (exact) mass is 608 g/mol. The quantitative estimate of drug-likeness (QED) is 0.223. The number of rotatable bonds is 12. The number of phenols is 1. The normalized spacial score (nSPS) is 11.9. The number of nitrogens with one attached hydrogen (secondary N) is 1. The summed E-state index contributed by atoms with van der Waals surface area (Å²) >= 11 is 6.01. The molecule has 4 aromatic rings. The van der Waals surface area contributed by atoms with Crippen LogP contribution in [0.2, 0.25) is 5.02 Å². The zero-order valence-corrected chi connectivity index (χ0v) is 24.8. The minimum atomic E-state index is -1.25. The maximum atomic E-state index is 13.5. The highest BCUT2D eigenvalue weighted by Crippen LogP contribution is 2.25. The van der Waals surface area contributed by atoms with Gasteiger partial charge in [-0.1, -0.05) is 36.7 Å². The first kappa shape index (κ1) is 31.3. The van der Waals surface area contributed by atoms with Crippen LogP contribution in [-0.2, 0) is 18.3 Å². The smallest absolute Gasteiger partial charge is 0.335 e. The summed E-state index contributed by atoms with van der Waals surface area (Å²) in [5, 5.41) is 22.4. The molecular weight excluding hydrogens is 576 g/mol. The number of carboxylic acids is 1. The Bertz CT molecular complexity index is 1750. The molecule has 3 aromatic carbocycles. The van der Waals surface area contributed by atoms with Crippen molar-refractivity contribution in [3.8, 4) is 17.2 Å². The molecule has 226 valence electrons. The van der Waals surface area contributed by atoms with E-state index < -0.39 is 29.2 Å². The van der Waals surface area contributed by atoms with Crippen molar-refractivity contribution < 1.29 is 24.5 Å². The number of amides is 1. The number of carbonyl (C=O) groups is 2. The zero-order valence-electron chi connectivity index (χ0n) is 24.0. The van der Waals surface area contributed by atoms with Crippen molar-refractivity contribution in [1.82, 2.24) is 19.4 Å². The number of carbonyl (C=O) groups excluding carboxylic acids is 1. The highest BCUT2D eigenvalue weighted by atomic mass is 35.5. The SMILES string of the molecule is CCN(C)CCOc1ccc2c(c1)c(=O)n(-c1ccc(CCC(NC(=O)c3c(O)cccc3Cl)C(=O)O)cc1)c(=O)n2C. The number of benzene rings is 3. The largest absolute Gasteiger partial charge is 0.507 e. The van der Waals surface area contributed by atoms with Gasteiger partial charge in [-0.2, -0.15) is 0 Å². The standard InChI is InChI=1S/C31H33ClN4O7/c1-4-34(2)16-17-43-21-13-15-25-22(18-21)29(39)36(31(42)35(25)3)20-11-8-19(9-12-20)10-14-24(30(40)41)33-28(38)27-23(32)6-5-7-26(27)37/h5-9,11-13,15,18,24,37H,4,10,14,16-17H2,1-3H3,(H,33,38)(H,40,41). The number of phenolic OH excluding ortho intramolecular Hbond substituents is 1. The Morgan fingerprint density at radius 2 is 1.81 bits per heavy atom. The van der Waals surface area contributed by atoms with E-state index in [-0.39, 0.29) is 29.2 Å². The van der Waals surface area contributed by atoms with Gasteiger partial charge in [0.25, 0.3) is 11.5 Å². The number of carboxylic acid groups (broad SMARTS) is 1. The number of aromatic hydroxyl groups is 1. The number of ether oxygens (including phenoxy) is 1. The molecule has 11 nitrogen and oxygen atoms in total. The van der Waals surface area contributed by atoms with Crippen LogP contribution in [0.1, 0.15) is 29.3 Å². The minimum absolute atomic E-state index is 0.00383. The van der Waals surface area contributed by atoms with E-state index in [9.17, 15) is 29.4 Å². The Hall–Kier alpha value is -4.61. The predicted molar refractivity (Wildman–Crippen MR) is 164 cm³/mol. The van der Waals surface area contributed by atoms with Crippen molar-refractivity contribution in [2.75, 3.05) is 26.7 Å². The number of fused-ring (bicyclic) bond motifs is 1. The summed E-state index contributed by atoms with van der Waals surface area (Å²) in [6.07, 6.45) is 0.310. The number of aromatic nitrogens is 2. The van der Waals surface area contributed by atoms with Crippen LogP contribution in [-0.4, -0.2) is 68.9 Å². The van der Waals surface area contributed by atoms with Gasteiger partial charge in [-0.25, -0.2) is 14.2 Å². The molecule has 4 rings (SSSR count). The lowest BCUT2D eigenvalue weighted by Crippen LogP contribution is -2.41. The molecule has 0 spiro atoms. The fourth-order valence-corrected chi connectivity index (χ4v) is 4.84. The van der Waals surface area contributed by atoms with Crippen molar-refractivity contribution in [3.05, 3.63) is 97.7 Å². The molecular formula is C31H33ClN4O7. The molecule has 0 radical (unpaired) electrons. The number of halogens is 1. The van der Waals surface area contributed by atoms with Crippen LogP contribution in [0.3, 0.4) is 0 Å². The average molecular weight is 609 g/mol. The van der Waals surface area contributed by atoms with Crippen molar-refractivity contribution in [2.24, 2.45) is 7.05 Å². The van der Waals surface area contributed by atoms with Crippen LogP contribution in [0.15, 0.2) is 70.3 Å². The van der Waals surface area contributed by atoms with Crippen LogP contribution in [0.25, 0.3) is 16.6 Å². The van der Waals surface area contributed by atoms with E-state index in [1.165, 1.54) is 22.8 Å². The van der Waals surface area contributed by atoms with Gasteiger partial charge in [0.2, 0.25) is 0 Å². The minimum Gasteiger partial charge on any atom is -0.507 e. The van der Waals surface area contributed by atoms with Gasteiger partial charge in [0.1, 0.15) is 24.1 Å². The molecule has 1 unspecified atom stereocenters. The second kappa shape index (κ2) is 13.6. The molecule has 3 N–H and O–H groups in total. The second-order valence-electron chi connectivity index (χ2n) is 10.1. The highest BCUT2D eigenvalue weighted by Gasteiger charge is 2.24. The second-order valence-corrected chi connectivity index (χ2v) is 10.5. The van der Waals surface area contributed by atoms with Crippen LogP contribution in [0.4, 0.5) is 0 Å². The van der Waals surface area contributed by atoms with E-state index in [1.807, 2.05) is 7.05 Å². The van der Waals surface area contributed by atoms with Gasteiger partial charge in [-0.05, 0) is 74.5 Å². The Balaban J connectivity index is 1.52. The number of aliphatic carboxylic acids is 1. The third-order valence-electron chi connectivity index (χ3n) is 7.26. The molecule has 0 aliphatic carbocycles. The molecule has 1 aromatic heterocycles. The summed E-state index contributed by atoms with van der Waals surface area (Å²) in [4.78, 5) is 53.2. The Morgan fingerprint density at radius 3 is 2.47 bits per heavy atom. The molecule has 0 aliphatic heterocycles. The molecule has 0 saturated heterocycles. The topological polar surface area (TPSA) is 143 Å². The first-order chi connectivity index (χ1) is 20.5. The molecule has 0 aliphatic rings. The van der Waals surface area contributed by atoms with E-state index in [0.29, 0.717) is 28.9 Å². The molecule has 12 heteroatoms. The molecule has 1 heterocycles. The summed E-state index contributed by atoms with van der Waals surface area (Å²) in [7, 11) is 3.58. The van der Waals surface area contributed by atoms with Crippen molar-refractivity contribution >= 4 is 34.4 Å². The highest BCUT2D eigenvalue weighted by molar-refractivity contribution is 6.34. The zero-order chi connectivity index (χ0) is 31.3. The number of nitrogens with zero attached hydrogens (tertiary/aromatic N) is 3. The molecule has 1 atom stereocenters. The van der Waals surface area contributed by atoms with Gasteiger partial charge in [0.15, 0.2) is 0 Å². The molecule has 0 bridgehead atoms. The maximum Gasteiger partial charge on any atom is 0.335 e. The maximum absolute atomic E-state index is 13.5. The molecule has 43 heavy (non-hydrogen) atoms. The lowest BCUT2D eigenvalue weighted by molar-refractivity contribution is -0.139. The predicted octanol–water partition coefficient (Wildman–Crippen LogP) is 3.19. The van der Waals surface area contributed by atoms with E-state index in [0.717, 1.165) is 23.2 Å². The van der Waals surface area contributed by atoms with Crippen molar-refractivity contribution in [3.63, 3.8) is 0 Å². The van der Waals surface area contributed by atoms with Crippen LogP contribution >= 0.6 is 11.6 Å². The number of hydrogen-bond donors (Lipinski definition) is 3. The van der Waals surface area contributed by atoms with Gasteiger partial charge >= 0.3 is 11.7 Å². The summed E-state index contributed by atoms with van der Waals surface area (Å²) < 4.78 is 8.31. The van der Waals surface area contributed by atoms with Crippen LogP contribution < -0.4 is 21.3 Å². The van der Waals surface area contributed by atoms with Gasteiger partial charge in [-0.15, -0.1) is 0 Å². The van der Waals surface area contributed by atoms with Gasteiger partial charge in [0.05, 0.1) is 27.2 Å². The lowest BCUT2D eigenvalue weighted by atomic mass is 10.0. The van der Waals surface area contributed by atoms with Crippen molar-refractivity contribution in [1.29, 1.82) is 0 Å².